The van der Waals surface area contributed by atoms with Gasteiger partial charge in [0.15, 0.2) is 11.5 Å². The zero-order valence-electron chi connectivity index (χ0n) is 13.1. The Bertz CT molecular complexity index is 568. The Morgan fingerprint density at radius 3 is 2.91 bits per heavy atom. The molecule has 0 aliphatic carbocycles. The number of carbonyl (C=O) groups excluding carboxylic acids is 1. The second-order valence-electron chi connectivity index (χ2n) is 5.54. The van der Waals surface area contributed by atoms with Gasteiger partial charge in [-0.05, 0) is 36.7 Å². The van der Waals surface area contributed by atoms with Crippen LogP contribution in [0.2, 0.25) is 0 Å². The van der Waals surface area contributed by atoms with Crippen LogP contribution in [-0.4, -0.2) is 57.0 Å². The Morgan fingerprint density at radius 2 is 2.04 bits per heavy atom. The minimum absolute atomic E-state index is 0.0790. The summed E-state index contributed by atoms with van der Waals surface area (Å²) in [5, 5.41) is 2.91. The normalized spacial score (nSPS) is 17.6. The van der Waals surface area contributed by atoms with Gasteiger partial charge in [-0.3, -0.25) is 9.69 Å². The molecule has 1 fully saturated rings. The van der Waals surface area contributed by atoms with Crippen molar-refractivity contribution < 1.29 is 19.0 Å². The molecule has 0 saturated carbocycles. The second-order valence-corrected chi connectivity index (χ2v) is 5.54. The molecule has 23 heavy (non-hydrogen) atoms. The number of rotatable bonds is 6. The number of amides is 1. The quantitative estimate of drug-likeness (QED) is 0.632. The first-order chi connectivity index (χ1) is 11.3. The monoisotopic (exact) mass is 318 g/mol. The number of fused-ring (bicyclic) bond motifs is 1. The first-order valence-corrected chi connectivity index (χ1v) is 7.97. The number of morpholine rings is 1. The standard InChI is InChI=1S/C17H22N2O4/c20-17(18-6-1-7-19-8-10-21-11-9-19)5-3-14-2-4-15-16(12-14)23-13-22-15/h2-5,12H,1,6-11,13H2,(H,18,20). The third-order valence-corrected chi connectivity index (χ3v) is 3.88. The van der Waals surface area contributed by atoms with Gasteiger partial charge < -0.3 is 19.5 Å². The first-order valence-electron chi connectivity index (χ1n) is 7.97. The van der Waals surface area contributed by atoms with E-state index in [1.54, 1.807) is 12.2 Å². The van der Waals surface area contributed by atoms with Crippen molar-refractivity contribution in [3.8, 4) is 11.5 Å². The molecule has 0 radical (unpaired) electrons. The van der Waals surface area contributed by atoms with E-state index >= 15 is 0 Å². The van der Waals surface area contributed by atoms with Crippen molar-refractivity contribution in [2.75, 3.05) is 46.2 Å². The molecule has 6 nitrogen and oxygen atoms in total. The number of hydrogen-bond donors (Lipinski definition) is 1. The highest BCUT2D eigenvalue weighted by atomic mass is 16.7. The molecule has 6 heteroatoms. The van der Waals surface area contributed by atoms with Gasteiger partial charge in [-0.1, -0.05) is 6.07 Å². The first kappa shape index (κ1) is 15.8. The Hall–Kier alpha value is -2.05. The topological polar surface area (TPSA) is 60.0 Å². The Balaban J connectivity index is 1.37. The van der Waals surface area contributed by atoms with Crippen molar-refractivity contribution in [2.45, 2.75) is 6.42 Å². The molecule has 1 aromatic carbocycles. The molecule has 0 unspecified atom stereocenters. The molecule has 0 aromatic heterocycles. The molecule has 1 aromatic rings. The summed E-state index contributed by atoms with van der Waals surface area (Å²) in [7, 11) is 0. The molecule has 3 rings (SSSR count). The minimum Gasteiger partial charge on any atom is -0.454 e. The van der Waals surface area contributed by atoms with Gasteiger partial charge >= 0.3 is 0 Å². The smallest absolute Gasteiger partial charge is 0.243 e. The number of nitrogens with zero attached hydrogens (tertiary/aromatic N) is 1. The van der Waals surface area contributed by atoms with Crippen LogP contribution in [0.4, 0.5) is 0 Å². The zero-order valence-corrected chi connectivity index (χ0v) is 13.1. The van der Waals surface area contributed by atoms with Gasteiger partial charge in [0, 0.05) is 25.7 Å². The van der Waals surface area contributed by atoms with Crippen molar-refractivity contribution in [2.24, 2.45) is 0 Å². The summed E-state index contributed by atoms with van der Waals surface area (Å²) in [4.78, 5) is 14.2. The van der Waals surface area contributed by atoms with E-state index in [1.807, 2.05) is 18.2 Å². The molecule has 1 saturated heterocycles. The summed E-state index contributed by atoms with van der Waals surface area (Å²) >= 11 is 0. The van der Waals surface area contributed by atoms with Gasteiger partial charge in [0.25, 0.3) is 0 Å². The largest absolute Gasteiger partial charge is 0.454 e. The van der Waals surface area contributed by atoms with Gasteiger partial charge in [-0.2, -0.15) is 0 Å². The lowest BCUT2D eigenvalue weighted by Gasteiger charge is -2.26. The fourth-order valence-corrected chi connectivity index (χ4v) is 2.59. The van der Waals surface area contributed by atoms with Crippen LogP contribution in [0.3, 0.4) is 0 Å². The third-order valence-electron chi connectivity index (χ3n) is 3.88. The predicted octanol–water partition coefficient (Wildman–Crippen LogP) is 1.27. The fourth-order valence-electron chi connectivity index (χ4n) is 2.59. The molecule has 124 valence electrons. The summed E-state index contributed by atoms with van der Waals surface area (Å²) < 4.78 is 15.9. The summed E-state index contributed by atoms with van der Waals surface area (Å²) in [6.07, 6.45) is 4.27. The van der Waals surface area contributed by atoms with Crippen LogP contribution in [0.1, 0.15) is 12.0 Å². The van der Waals surface area contributed by atoms with Gasteiger partial charge in [0.05, 0.1) is 13.2 Å². The Morgan fingerprint density at radius 1 is 1.22 bits per heavy atom. The minimum atomic E-state index is -0.0790. The molecule has 2 aliphatic heterocycles. The molecule has 2 aliphatic rings. The number of ether oxygens (including phenoxy) is 3. The Labute approximate surface area is 136 Å². The number of carbonyl (C=O) groups is 1. The van der Waals surface area contributed by atoms with Crippen molar-refractivity contribution in [3.05, 3.63) is 29.8 Å². The van der Waals surface area contributed by atoms with Crippen LogP contribution in [0, 0.1) is 0 Å². The third kappa shape index (κ3) is 4.71. The van der Waals surface area contributed by atoms with Crippen LogP contribution < -0.4 is 14.8 Å². The predicted molar refractivity (Wildman–Crippen MR) is 86.5 cm³/mol. The summed E-state index contributed by atoms with van der Waals surface area (Å²) in [5.74, 6) is 1.39. The summed E-state index contributed by atoms with van der Waals surface area (Å²) in [5.41, 5.74) is 0.915. The van der Waals surface area contributed by atoms with Crippen LogP contribution in [0.15, 0.2) is 24.3 Å². The summed E-state index contributed by atoms with van der Waals surface area (Å²) in [6, 6.07) is 5.61. The number of hydrogen-bond acceptors (Lipinski definition) is 5. The maximum Gasteiger partial charge on any atom is 0.243 e. The van der Waals surface area contributed by atoms with Crippen LogP contribution in [0.5, 0.6) is 11.5 Å². The highest BCUT2D eigenvalue weighted by Gasteiger charge is 2.12. The maximum absolute atomic E-state index is 11.8. The van der Waals surface area contributed by atoms with Gasteiger partial charge in [-0.15, -0.1) is 0 Å². The van der Waals surface area contributed by atoms with Crippen LogP contribution in [-0.2, 0) is 9.53 Å². The average molecular weight is 318 g/mol. The molecule has 0 bridgehead atoms. The van der Waals surface area contributed by atoms with Crippen molar-refractivity contribution >= 4 is 12.0 Å². The molecule has 2 heterocycles. The van der Waals surface area contributed by atoms with E-state index < -0.39 is 0 Å². The van der Waals surface area contributed by atoms with E-state index in [-0.39, 0.29) is 12.7 Å². The number of benzene rings is 1. The molecule has 1 N–H and O–H groups in total. The molecular weight excluding hydrogens is 296 g/mol. The second kappa shape index (κ2) is 7.99. The van der Waals surface area contributed by atoms with Gasteiger partial charge in [0.2, 0.25) is 12.7 Å². The Kier molecular flexibility index (Phi) is 5.50. The van der Waals surface area contributed by atoms with Crippen LogP contribution >= 0.6 is 0 Å². The molecule has 0 spiro atoms. The van der Waals surface area contributed by atoms with Gasteiger partial charge in [0.1, 0.15) is 0 Å². The molecular formula is C17H22N2O4. The van der Waals surface area contributed by atoms with E-state index in [0.29, 0.717) is 6.54 Å². The van der Waals surface area contributed by atoms with E-state index in [4.69, 9.17) is 14.2 Å². The molecule has 0 atom stereocenters. The van der Waals surface area contributed by atoms with Crippen LogP contribution in [0.25, 0.3) is 6.08 Å². The molecule has 1 amide bonds. The average Bonchev–Trinajstić information content (AvgIpc) is 3.05. The van der Waals surface area contributed by atoms with E-state index in [2.05, 4.69) is 10.2 Å². The van der Waals surface area contributed by atoms with Crippen molar-refractivity contribution in [1.82, 2.24) is 10.2 Å². The van der Waals surface area contributed by atoms with E-state index in [1.165, 1.54) is 0 Å². The fraction of sp³-hybridized carbons (Fsp3) is 0.471. The lowest BCUT2D eigenvalue weighted by molar-refractivity contribution is -0.116. The number of nitrogens with one attached hydrogen (secondary N) is 1. The lowest BCUT2D eigenvalue weighted by Crippen LogP contribution is -2.38. The van der Waals surface area contributed by atoms with E-state index in [0.717, 1.165) is 56.3 Å². The van der Waals surface area contributed by atoms with Gasteiger partial charge in [-0.25, -0.2) is 0 Å². The highest BCUT2D eigenvalue weighted by molar-refractivity contribution is 5.91. The zero-order chi connectivity index (χ0) is 15.9. The van der Waals surface area contributed by atoms with E-state index in [9.17, 15) is 4.79 Å². The summed E-state index contributed by atoms with van der Waals surface area (Å²) in [6.45, 7) is 5.52. The van der Waals surface area contributed by atoms with Crippen molar-refractivity contribution in [1.29, 1.82) is 0 Å². The highest BCUT2D eigenvalue weighted by Crippen LogP contribution is 2.32. The van der Waals surface area contributed by atoms with Crippen molar-refractivity contribution in [3.63, 3.8) is 0 Å². The lowest BCUT2D eigenvalue weighted by atomic mass is 10.2. The maximum atomic E-state index is 11.8. The SMILES string of the molecule is O=C(C=Cc1ccc2c(c1)OCO2)NCCCN1CCOCC1.